The van der Waals surface area contributed by atoms with Gasteiger partial charge in [0, 0.05) is 18.9 Å². The first-order valence-electron chi connectivity index (χ1n) is 3.95. The van der Waals surface area contributed by atoms with Crippen LogP contribution in [0.1, 0.15) is 19.8 Å². The summed E-state index contributed by atoms with van der Waals surface area (Å²) in [7, 11) is 2.07. The number of hydrogen-bond acceptors (Lipinski definition) is 2. The molecule has 1 fully saturated rings. The number of hydrogen-bond donors (Lipinski definition) is 0. The molecule has 0 spiro atoms. The van der Waals surface area contributed by atoms with Crippen LogP contribution < -0.4 is 0 Å². The summed E-state index contributed by atoms with van der Waals surface area (Å²) < 4.78 is 0. The van der Waals surface area contributed by atoms with Gasteiger partial charge in [-0.1, -0.05) is 6.92 Å². The fourth-order valence-corrected chi connectivity index (χ4v) is 1.49. The van der Waals surface area contributed by atoms with E-state index in [1.54, 1.807) is 0 Å². The molecule has 1 heterocycles. The van der Waals surface area contributed by atoms with Crippen molar-refractivity contribution in [3.05, 3.63) is 0 Å². The molecular weight excluding hydrogens is 126 g/mol. The Morgan fingerprint density at radius 1 is 1.70 bits per heavy atom. The van der Waals surface area contributed by atoms with Gasteiger partial charge in [0.1, 0.15) is 5.78 Å². The van der Waals surface area contributed by atoms with Gasteiger partial charge in [-0.25, -0.2) is 0 Å². The number of likely N-dealkylation sites (tertiary alicyclic amines) is 1. The Kier molecular flexibility index (Phi) is 2.44. The lowest BCUT2D eigenvalue weighted by Gasteiger charge is -2.06. The van der Waals surface area contributed by atoms with Crippen LogP contribution in [0, 0.1) is 5.92 Å². The number of carbonyl (C=O) groups excluding carboxylic acids is 1. The highest BCUT2D eigenvalue weighted by Crippen LogP contribution is 2.15. The summed E-state index contributed by atoms with van der Waals surface area (Å²) in [5.41, 5.74) is 0. The Hall–Kier alpha value is -0.370. The van der Waals surface area contributed by atoms with E-state index < -0.39 is 0 Å². The first kappa shape index (κ1) is 7.73. The Morgan fingerprint density at radius 3 is 2.80 bits per heavy atom. The van der Waals surface area contributed by atoms with E-state index in [1.165, 1.54) is 0 Å². The number of Topliss-reactive ketones (excluding diaryl/α,β-unsaturated/α-hetero) is 1. The fraction of sp³-hybridized carbons (Fsp3) is 0.875. The Bertz CT molecular complexity index is 133. The monoisotopic (exact) mass is 141 g/mol. The van der Waals surface area contributed by atoms with Gasteiger partial charge in [-0.3, -0.25) is 4.79 Å². The van der Waals surface area contributed by atoms with Crippen molar-refractivity contribution in [2.24, 2.45) is 5.92 Å². The van der Waals surface area contributed by atoms with Crippen LogP contribution in [0.25, 0.3) is 0 Å². The minimum Gasteiger partial charge on any atom is -0.306 e. The molecule has 0 saturated carbocycles. The lowest BCUT2D eigenvalue weighted by molar-refractivity contribution is -0.122. The normalized spacial score (nSPS) is 27.2. The van der Waals surface area contributed by atoms with Crippen LogP contribution in [0.2, 0.25) is 0 Å². The number of ketones is 1. The van der Waals surface area contributed by atoms with Gasteiger partial charge in [-0.2, -0.15) is 0 Å². The van der Waals surface area contributed by atoms with Gasteiger partial charge in [-0.15, -0.1) is 0 Å². The molecule has 0 N–H and O–H groups in total. The molecule has 2 heteroatoms. The molecule has 0 radical (unpaired) electrons. The molecule has 1 aliphatic heterocycles. The van der Waals surface area contributed by atoms with Crippen molar-refractivity contribution < 1.29 is 4.79 Å². The molecule has 1 rings (SSSR count). The Balaban J connectivity index is 2.37. The van der Waals surface area contributed by atoms with Crippen LogP contribution in [0.3, 0.4) is 0 Å². The van der Waals surface area contributed by atoms with Crippen LogP contribution in [0.15, 0.2) is 0 Å². The van der Waals surface area contributed by atoms with Crippen molar-refractivity contribution in [2.75, 3.05) is 20.1 Å². The fourth-order valence-electron chi connectivity index (χ4n) is 1.49. The van der Waals surface area contributed by atoms with Gasteiger partial charge in [-0.05, 0) is 20.0 Å². The number of carbonyl (C=O) groups is 1. The molecule has 58 valence electrons. The van der Waals surface area contributed by atoms with Crippen molar-refractivity contribution in [3.8, 4) is 0 Å². The molecule has 10 heavy (non-hydrogen) atoms. The van der Waals surface area contributed by atoms with Crippen molar-refractivity contribution in [2.45, 2.75) is 19.8 Å². The molecule has 1 saturated heterocycles. The minimum atomic E-state index is 0.343. The maximum atomic E-state index is 11.1. The van der Waals surface area contributed by atoms with Crippen LogP contribution in [-0.4, -0.2) is 30.8 Å². The number of rotatable bonds is 2. The second kappa shape index (κ2) is 3.15. The summed E-state index contributed by atoms with van der Waals surface area (Å²) in [6.45, 7) is 4.02. The van der Waals surface area contributed by atoms with E-state index in [2.05, 4.69) is 11.9 Å². The summed E-state index contributed by atoms with van der Waals surface area (Å²) in [5, 5.41) is 0. The summed E-state index contributed by atoms with van der Waals surface area (Å²) in [6, 6.07) is 0. The van der Waals surface area contributed by atoms with Crippen LogP contribution in [0.4, 0.5) is 0 Å². The third-order valence-electron chi connectivity index (χ3n) is 2.20. The average Bonchev–Trinajstić information content (AvgIpc) is 2.34. The Morgan fingerprint density at radius 2 is 2.40 bits per heavy atom. The minimum absolute atomic E-state index is 0.343. The smallest absolute Gasteiger partial charge is 0.137 e. The van der Waals surface area contributed by atoms with Crippen molar-refractivity contribution in [3.63, 3.8) is 0 Å². The maximum absolute atomic E-state index is 11.1. The van der Waals surface area contributed by atoms with Gasteiger partial charge >= 0.3 is 0 Å². The maximum Gasteiger partial charge on any atom is 0.137 e. The van der Waals surface area contributed by atoms with Gasteiger partial charge in [0.2, 0.25) is 0 Å². The zero-order valence-electron chi connectivity index (χ0n) is 6.76. The predicted octanol–water partition coefficient (Wildman–Crippen LogP) is 0.917. The first-order valence-corrected chi connectivity index (χ1v) is 3.95. The highest BCUT2D eigenvalue weighted by Gasteiger charge is 2.24. The Labute approximate surface area is 62.2 Å². The predicted molar refractivity (Wildman–Crippen MR) is 40.9 cm³/mol. The second-order valence-corrected chi connectivity index (χ2v) is 3.07. The van der Waals surface area contributed by atoms with E-state index in [4.69, 9.17) is 0 Å². The molecule has 2 nitrogen and oxygen atoms in total. The van der Waals surface area contributed by atoms with Gasteiger partial charge in [0.15, 0.2) is 0 Å². The molecule has 0 aromatic rings. The van der Waals surface area contributed by atoms with Gasteiger partial charge < -0.3 is 4.90 Å². The SMILES string of the molecule is CCC(=O)C1CCN(C)C1. The van der Waals surface area contributed by atoms with Crippen LogP contribution >= 0.6 is 0 Å². The van der Waals surface area contributed by atoms with Gasteiger partial charge in [0.25, 0.3) is 0 Å². The average molecular weight is 141 g/mol. The molecular formula is C8H15NO. The largest absolute Gasteiger partial charge is 0.306 e. The van der Waals surface area contributed by atoms with Gasteiger partial charge in [0.05, 0.1) is 0 Å². The zero-order valence-corrected chi connectivity index (χ0v) is 6.76. The molecule has 0 aromatic heterocycles. The third kappa shape index (κ3) is 1.57. The third-order valence-corrected chi connectivity index (χ3v) is 2.20. The van der Waals surface area contributed by atoms with E-state index in [0.29, 0.717) is 18.1 Å². The molecule has 0 amide bonds. The highest BCUT2D eigenvalue weighted by atomic mass is 16.1. The lowest BCUT2D eigenvalue weighted by atomic mass is 10.0. The van der Waals surface area contributed by atoms with E-state index >= 15 is 0 Å². The van der Waals surface area contributed by atoms with E-state index in [1.807, 2.05) is 6.92 Å². The second-order valence-electron chi connectivity index (χ2n) is 3.07. The van der Waals surface area contributed by atoms with E-state index in [9.17, 15) is 4.79 Å². The van der Waals surface area contributed by atoms with Crippen molar-refractivity contribution >= 4 is 5.78 Å². The van der Waals surface area contributed by atoms with Crippen LogP contribution in [-0.2, 0) is 4.79 Å². The number of nitrogens with zero attached hydrogens (tertiary/aromatic N) is 1. The molecule has 0 bridgehead atoms. The standard InChI is InChI=1S/C8H15NO/c1-3-8(10)7-4-5-9(2)6-7/h7H,3-6H2,1-2H3. The molecule has 1 unspecified atom stereocenters. The zero-order chi connectivity index (χ0) is 7.56. The highest BCUT2D eigenvalue weighted by molar-refractivity contribution is 5.81. The van der Waals surface area contributed by atoms with E-state index in [-0.39, 0.29) is 0 Å². The van der Waals surface area contributed by atoms with Crippen molar-refractivity contribution in [1.82, 2.24) is 4.90 Å². The molecule has 1 aliphatic rings. The van der Waals surface area contributed by atoms with Crippen molar-refractivity contribution in [1.29, 1.82) is 0 Å². The molecule has 0 aliphatic carbocycles. The molecule has 1 atom stereocenters. The topological polar surface area (TPSA) is 20.3 Å². The summed E-state index contributed by atoms with van der Waals surface area (Å²) >= 11 is 0. The summed E-state index contributed by atoms with van der Waals surface area (Å²) in [6.07, 6.45) is 1.78. The summed E-state index contributed by atoms with van der Waals surface area (Å²) in [4.78, 5) is 13.4. The van der Waals surface area contributed by atoms with Crippen LogP contribution in [0.5, 0.6) is 0 Å². The first-order chi connectivity index (χ1) is 4.74. The summed E-state index contributed by atoms with van der Waals surface area (Å²) in [5.74, 6) is 0.777. The lowest BCUT2D eigenvalue weighted by Crippen LogP contribution is -2.18. The van der Waals surface area contributed by atoms with E-state index in [0.717, 1.165) is 19.5 Å². The quantitative estimate of drug-likeness (QED) is 0.570. The molecule has 0 aromatic carbocycles.